The maximum Gasteiger partial charge on any atom is 0.154 e. The molecule has 0 unspecified atom stereocenters. The van der Waals surface area contributed by atoms with Gasteiger partial charge in [0.1, 0.15) is 0 Å². The number of rotatable bonds is 3. The lowest BCUT2D eigenvalue weighted by molar-refractivity contribution is 1.11. The first-order chi connectivity index (χ1) is 9.45. The molecule has 0 fully saturated rings. The highest BCUT2D eigenvalue weighted by atomic mass is 28.3. The molecule has 0 spiro atoms. The van der Waals surface area contributed by atoms with Gasteiger partial charge in [0.2, 0.25) is 0 Å². The Hall–Kier alpha value is -2.19. The van der Waals surface area contributed by atoms with Gasteiger partial charge in [-0.1, -0.05) is 107 Å². The quantitative estimate of drug-likeness (QED) is 0.510. The summed E-state index contributed by atoms with van der Waals surface area (Å²) in [6.07, 6.45) is 0. The molecule has 0 heterocycles. The molecule has 0 N–H and O–H groups in total. The highest BCUT2D eigenvalue weighted by molar-refractivity contribution is 6.95. The van der Waals surface area contributed by atoms with Crippen LogP contribution in [-0.4, -0.2) is 8.80 Å². The molecule has 0 aliphatic heterocycles. The van der Waals surface area contributed by atoms with Crippen molar-refractivity contribution in [3.8, 4) is 0 Å². The topological polar surface area (TPSA) is 0 Å². The van der Waals surface area contributed by atoms with E-state index in [1.54, 1.807) is 0 Å². The zero-order valence-corrected chi connectivity index (χ0v) is 12.1. The molecule has 0 amide bonds. The zero-order chi connectivity index (χ0) is 12.9. The van der Waals surface area contributed by atoms with E-state index in [4.69, 9.17) is 0 Å². The average Bonchev–Trinajstić information content (AvgIpc) is 2.51. The summed E-state index contributed by atoms with van der Waals surface area (Å²) in [5.41, 5.74) is 0. The van der Waals surface area contributed by atoms with Crippen LogP contribution in [0.1, 0.15) is 0 Å². The first kappa shape index (κ1) is 14.2. The highest BCUT2D eigenvalue weighted by Crippen LogP contribution is 1.95. The van der Waals surface area contributed by atoms with Gasteiger partial charge in [-0.05, 0) is 0 Å². The van der Waals surface area contributed by atoms with E-state index in [9.17, 15) is 0 Å². The molecule has 0 aliphatic carbocycles. The van der Waals surface area contributed by atoms with E-state index in [2.05, 4.69) is 91.0 Å². The van der Waals surface area contributed by atoms with Crippen LogP contribution in [0.25, 0.3) is 0 Å². The molecule has 3 rings (SSSR count). The minimum atomic E-state index is -0.877. The minimum Gasteiger partial charge on any atom is -0.269 e. The SMILES string of the molecule is F.c1ccc([Si](c2ccccc2)c2ccccc2)cc1. The molecule has 0 nitrogen and oxygen atoms in total. The van der Waals surface area contributed by atoms with E-state index in [-0.39, 0.29) is 4.70 Å². The third kappa shape index (κ3) is 3.03. The van der Waals surface area contributed by atoms with Gasteiger partial charge in [0.05, 0.1) is 0 Å². The van der Waals surface area contributed by atoms with Crippen molar-refractivity contribution in [3.63, 3.8) is 0 Å². The first-order valence-corrected chi connectivity index (χ1v) is 7.98. The highest BCUT2D eigenvalue weighted by Gasteiger charge is 2.18. The van der Waals surface area contributed by atoms with Gasteiger partial charge in [0.25, 0.3) is 0 Å². The summed E-state index contributed by atoms with van der Waals surface area (Å²) in [5, 5.41) is 4.31. The molecule has 20 heavy (non-hydrogen) atoms. The molecule has 2 heteroatoms. The molecule has 0 aliphatic rings. The summed E-state index contributed by atoms with van der Waals surface area (Å²) in [4.78, 5) is 0. The third-order valence-electron chi connectivity index (χ3n) is 3.19. The van der Waals surface area contributed by atoms with Crippen LogP contribution in [0.3, 0.4) is 0 Å². The maximum absolute atomic E-state index is 2.24. The van der Waals surface area contributed by atoms with Gasteiger partial charge in [0.15, 0.2) is 8.80 Å². The first-order valence-electron chi connectivity index (χ1n) is 6.48. The lowest BCUT2D eigenvalue weighted by Gasteiger charge is -2.16. The van der Waals surface area contributed by atoms with E-state index in [0.29, 0.717) is 0 Å². The van der Waals surface area contributed by atoms with E-state index in [1.807, 2.05) is 0 Å². The predicted molar refractivity (Wildman–Crippen MR) is 86.5 cm³/mol. The Morgan fingerprint density at radius 3 is 0.900 bits per heavy atom. The van der Waals surface area contributed by atoms with Gasteiger partial charge in [-0.2, -0.15) is 0 Å². The standard InChI is InChI=1S/C18H15Si.FH/c1-4-10-16(11-5-1)19(17-12-6-2-7-13-17)18-14-8-3-9-15-18;/h1-15H;1H. The fraction of sp³-hybridized carbons (Fsp3) is 0. The Labute approximate surface area is 120 Å². The van der Waals surface area contributed by atoms with Crippen LogP contribution in [0, 0.1) is 0 Å². The summed E-state index contributed by atoms with van der Waals surface area (Å²) in [6.45, 7) is 0. The Morgan fingerprint density at radius 1 is 0.400 bits per heavy atom. The summed E-state index contributed by atoms with van der Waals surface area (Å²) >= 11 is 0. The minimum absolute atomic E-state index is 0. The smallest absolute Gasteiger partial charge is 0.154 e. The second-order valence-corrected chi connectivity index (χ2v) is 6.96. The van der Waals surface area contributed by atoms with Crippen LogP contribution in [0.5, 0.6) is 0 Å². The molecular weight excluding hydrogens is 263 g/mol. The van der Waals surface area contributed by atoms with Crippen LogP contribution >= 0.6 is 0 Å². The Bertz CT molecular complexity index is 529. The van der Waals surface area contributed by atoms with E-state index >= 15 is 0 Å². The largest absolute Gasteiger partial charge is 0.269 e. The molecule has 0 bridgehead atoms. The van der Waals surface area contributed by atoms with Gasteiger partial charge in [-0.25, -0.2) is 0 Å². The summed E-state index contributed by atoms with van der Waals surface area (Å²) in [6, 6.07) is 32.5. The van der Waals surface area contributed by atoms with Gasteiger partial charge in [-0.15, -0.1) is 0 Å². The van der Waals surface area contributed by atoms with Crippen LogP contribution in [0.15, 0.2) is 91.0 Å². The van der Waals surface area contributed by atoms with Crippen molar-refractivity contribution < 1.29 is 4.70 Å². The van der Waals surface area contributed by atoms with E-state index < -0.39 is 8.80 Å². The normalized spacial score (nSPS) is 10.1. The van der Waals surface area contributed by atoms with Crippen molar-refractivity contribution in [1.29, 1.82) is 0 Å². The molecule has 0 saturated carbocycles. The zero-order valence-electron chi connectivity index (χ0n) is 11.1. The van der Waals surface area contributed by atoms with Gasteiger partial charge >= 0.3 is 0 Å². The van der Waals surface area contributed by atoms with Crippen molar-refractivity contribution in [3.05, 3.63) is 91.0 Å². The monoisotopic (exact) mass is 279 g/mol. The van der Waals surface area contributed by atoms with E-state index in [1.165, 1.54) is 15.6 Å². The number of hydrogen-bond acceptors (Lipinski definition) is 0. The third-order valence-corrected chi connectivity index (χ3v) is 5.92. The van der Waals surface area contributed by atoms with Gasteiger partial charge < -0.3 is 0 Å². The van der Waals surface area contributed by atoms with Crippen LogP contribution in [-0.2, 0) is 0 Å². The fourth-order valence-corrected chi connectivity index (χ4v) is 4.89. The Morgan fingerprint density at radius 2 is 0.650 bits per heavy atom. The average molecular weight is 279 g/mol. The number of benzene rings is 3. The second-order valence-electron chi connectivity index (χ2n) is 4.47. The Balaban J connectivity index is 0.00000147. The van der Waals surface area contributed by atoms with Crippen molar-refractivity contribution >= 4 is 24.4 Å². The molecule has 3 aromatic carbocycles. The van der Waals surface area contributed by atoms with Gasteiger partial charge in [-0.3, -0.25) is 4.70 Å². The number of halogens is 1. The fourth-order valence-electron chi connectivity index (χ4n) is 2.31. The summed E-state index contributed by atoms with van der Waals surface area (Å²) in [5.74, 6) is 0. The maximum atomic E-state index is 2.24. The molecule has 3 aromatic rings. The van der Waals surface area contributed by atoms with Crippen LogP contribution in [0.4, 0.5) is 4.70 Å². The van der Waals surface area contributed by atoms with Crippen molar-refractivity contribution in [2.24, 2.45) is 0 Å². The summed E-state index contributed by atoms with van der Waals surface area (Å²) in [7, 11) is -0.877. The Kier molecular flexibility index (Phi) is 4.85. The predicted octanol–water partition coefficient (Wildman–Crippen LogP) is 2.36. The van der Waals surface area contributed by atoms with Crippen molar-refractivity contribution in [2.75, 3.05) is 0 Å². The molecule has 99 valence electrons. The molecule has 0 aromatic heterocycles. The van der Waals surface area contributed by atoms with Crippen molar-refractivity contribution in [2.45, 2.75) is 0 Å². The molecule has 0 atom stereocenters. The summed E-state index contributed by atoms with van der Waals surface area (Å²) < 4.78 is 0. The molecular formula is C18H16FSi. The lowest BCUT2D eigenvalue weighted by atomic mass is 10.3. The van der Waals surface area contributed by atoms with Gasteiger partial charge in [0, 0.05) is 0 Å². The second kappa shape index (κ2) is 6.82. The number of hydrogen-bond donors (Lipinski definition) is 0. The molecule has 1 radical (unpaired) electrons. The molecule has 0 saturated heterocycles. The van der Waals surface area contributed by atoms with Crippen LogP contribution < -0.4 is 15.6 Å². The lowest BCUT2D eigenvalue weighted by Crippen LogP contribution is -2.51. The van der Waals surface area contributed by atoms with E-state index in [0.717, 1.165) is 0 Å². The van der Waals surface area contributed by atoms with Crippen molar-refractivity contribution in [1.82, 2.24) is 0 Å². The van der Waals surface area contributed by atoms with Crippen LogP contribution in [0.2, 0.25) is 0 Å².